The highest BCUT2D eigenvalue weighted by atomic mass is 19.1. The Morgan fingerprint density at radius 1 is 1.41 bits per heavy atom. The molecule has 0 aliphatic carbocycles. The fraction of sp³-hybridized carbons (Fsp3) is 0.429. The lowest BCUT2D eigenvalue weighted by Crippen LogP contribution is -2.18. The zero-order valence-electron chi connectivity index (χ0n) is 11.9. The smallest absolute Gasteiger partial charge is 0.231 e. The summed E-state index contributed by atoms with van der Waals surface area (Å²) in [5.74, 6) is 2.43. The summed E-state index contributed by atoms with van der Waals surface area (Å²) < 4.78 is 21.4. The molecule has 3 aromatic heterocycles. The summed E-state index contributed by atoms with van der Waals surface area (Å²) in [7, 11) is 0. The molecule has 0 radical (unpaired) electrons. The van der Waals surface area contributed by atoms with E-state index in [-0.39, 0.29) is 12.5 Å². The maximum atomic E-state index is 12.3. The van der Waals surface area contributed by atoms with Crippen LogP contribution in [0.3, 0.4) is 0 Å². The van der Waals surface area contributed by atoms with Crippen LogP contribution in [0.25, 0.3) is 11.4 Å². The number of imidazole rings is 1. The Balaban J connectivity index is 1.54. The first-order valence-corrected chi connectivity index (χ1v) is 7.26. The van der Waals surface area contributed by atoms with Gasteiger partial charge in [-0.1, -0.05) is 5.16 Å². The van der Waals surface area contributed by atoms with Gasteiger partial charge in [-0.3, -0.25) is 4.68 Å². The lowest BCUT2D eigenvalue weighted by Gasteiger charge is -2.20. The standard InChI is InChI=1S/C14H15FN6O/c15-3-5-21-9-11(7-17-21)13-18-14(22-19-13)10-1-2-12-16-4-6-20(12)8-10/h4,6-7,9-10H,1-3,5,8H2. The van der Waals surface area contributed by atoms with Crippen LogP contribution >= 0.6 is 0 Å². The van der Waals surface area contributed by atoms with E-state index in [0.29, 0.717) is 11.7 Å². The van der Waals surface area contributed by atoms with E-state index in [9.17, 15) is 4.39 Å². The van der Waals surface area contributed by atoms with Crippen molar-refractivity contribution in [1.82, 2.24) is 29.5 Å². The molecule has 7 nitrogen and oxygen atoms in total. The molecule has 0 aromatic carbocycles. The molecule has 1 aliphatic rings. The predicted molar refractivity (Wildman–Crippen MR) is 74.8 cm³/mol. The Bertz CT molecular complexity index is 776. The van der Waals surface area contributed by atoms with Gasteiger partial charge in [0.2, 0.25) is 11.7 Å². The summed E-state index contributed by atoms with van der Waals surface area (Å²) in [5, 5.41) is 8.09. The Hall–Kier alpha value is -2.51. The van der Waals surface area contributed by atoms with E-state index < -0.39 is 6.67 Å². The first kappa shape index (κ1) is 13.2. The van der Waals surface area contributed by atoms with Gasteiger partial charge in [0.25, 0.3) is 0 Å². The summed E-state index contributed by atoms with van der Waals surface area (Å²) in [5.41, 5.74) is 0.738. The number of alkyl halides is 1. The van der Waals surface area contributed by atoms with Gasteiger partial charge in [-0.25, -0.2) is 9.37 Å². The van der Waals surface area contributed by atoms with Gasteiger partial charge in [-0.05, 0) is 6.42 Å². The molecule has 8 heteroatoms. The number of rotatable bonds is 4. The second kappa shape index (κ2) is 5.36. The highest BCUT2D eigenvalue weighted by Gasteiger charge is 2.25. The molecule has 3 aromatic rings. The third-order valence-electron chi connectivity index (χ3n) is 3.93. The van der Waals surface area contributed by atoms with Crippen LogP contribution < -0.4 is 0 Å². The van der Waals surface area contributed by atoms with Gasteiger partial charge in [0, 0.05) is 31.6 Å². The zero-order chi connectivity index (χ0) is 14.9. The molecule has 22 heavy (non-hydrogen) atoms. The van der Waals surface area contributed by atoms with Crippen molar-refractivity contribution in [3.63, 3.8) is 0 Å². The molecule has 1 atom stereocenters. The Morgan fingerprint density at radius 3 is 3.27 bits per heavy atom. The monoisotopic (exact) mass is 302 g/mol. The van der Waals surface area contributed by atoms with Crippen LogP contribution in [0.5, 0.6) is 0 Å². The third kappa shape index (κ3) is 2.30. The molecule has 0 spiro atoms. The van der Waals surface area contributed by atoms with Crippen LogP contribution in [0.4, 0.5) is 4.39 Å². The van der Waals surface area contributed by atoms with E-state index >= 15 is 0 Å². The molecule has 0 fully saturated rings. The molecule has 4 rings (SSSR count). The second-order valence-electron chi connectivity index (χ2n) is 5.37. The van der Waals surface area contributed by atoms with Crippen LogP contribution in [0, 0.1) is 0 Å². The van der Waals surface area contributed by atoms with Gasteiger partial charge in [0.15, 0.2) is 0 Å². The summed E-state index contributed by atoms with van der Waals surface area (Å²) >= 11 is 0. The Morgan fingerprint density at radius 2 is 2.36 bits per heavy atom. The number of aromatic nitrogens is 6. The van der Waals surface area contributed by atoms with E-state index in [1.165, 1.54) is 4.68 Å². The van der Waals surface area contributed by atoms with E-state index in [2.05, 4.69) is 24.8 Å². The van der Waals surface area contributed by atoms with Crippen molar-refractivity contribution in [2.45, 2.75) is 31.8 Å². The fourth-order valence-corrected chi connectivity index (χ4v) is 2.77. The lowest BCUT2D eigenvalue weighted by molar-refractivity contribution is 0.316. The molecule has 4 heterocycles. The SMILES string of the molecule is FCCn1cc(-c2noc(C3CCc4nccn4C3)n2)cn1. The van der Waals surface area contributed by atoms with Crippen molar-refractivity contribution in [3.8, 4) is 11.4 Å². The van der Waals surface area contributed by atoms with E-state index in [4.69, 9.17) is 4.52 Å². The maximum absolute atomic E-state index is 12.3. The van der Waals surface area contributed by atoms with Crippen molar-refractivity contribution in [1.29, 1.82) is 0 Å². The molecular formula is C14H15FN6O. The first-order valence-electron chi connectivity index (χ1n) is 7.26. The predicted octanol–water partition coefficient (Wildman–Crippen LogP) is 1.83. The zero-order valence-corrected chi connectivity index (χ0v) is 11.9. The third-order valence-corrected chi connectivity index (χ3v) is 3.93. The van der Waals surface area contributed by atoms with Crippen molar-refractivity contribution in [2.24, 2.45) is 0 Å². The minimum absolute atomic E-state index is 0.198. The molecule has 0 bridgehead atoms. The highest BCUT2D eigenvalue weighted by molar-refractivity contribution is 5.51. The first-order chi connectivity index (χ1) is 10.8. The van der Waals surface area contributed by atoms with Crippen molar-refractivity contribution in [2.75, 3.05) is 6.67 Å². The molecule has 0 amide bonds. The molecular weight excluding hydrogens is 287 g/mol. The van der Waals surface area contributed by atoms with Crippen molar-refractivity contribution >= 4 is 0 Å². The van der Waals surface area contributed by atoms with Crippen LogP contribution in [0.1, 0.15) is 24.1 Å². The molecule has 0 saturated carbocycles. The summed E-state index contributed by atoms with van der Waals surface area (Å²) in [4.78, 5) is 8.79. The van der Waals surface area contributed by atoms with Crippen LogP contribution in [0.2, 0.25) is 0 Å². The Labute approximate surface area is 125 Å². The van der Waals surface area contributed by atoms with Crippen LogP contribution in [-0.2, 0) is 19.5 Å². The van der Waals surface area contributed by atoms with Crippen molar-refractivity contribution < 1.29 is 8.91 Å². The summed E-state index contributed by atoms with van der Waals surface area (Å²) in [6.07, 6.45) is 8.99. The molecule has 114 valence electrons. The van der Waals surface area contributed by atoms with E-state index in [0.717, 1.165) is 30.8 Å². The summed E-state index contributed by atoms with van der Waals surface area (Å²) in [6, 6.07) is 0. The quantitative estimate of drug-likeness (QED) is 0.735. The van der Waals surface area contributed by atoms with Crippen LogP contribution in [-0.4, -0.2) is 36.1 Å². The highest BCUT2D eigenvalue weighted by Crippen LogP contribution is 2.28. The molecule has 1 unspecified atom stereocenters. The molecule has 1 aliphatic heterocycles. The van der Waals surface area contributed by atoms with Crippen LogP contribution in [0.15, 0.2) is 29.3 Å². The topological polar surface area (TPSA) is 74.6 Å². The minimum atomic E-state index is -0.450. The van der Waals surface area contributed by atoms with Gasteiger partial charge < -0.3 is 9.09 Å². The van der Waals surface area contributed by atoms with Gasteiger partial charge in [0.05, 0.1) is 24.2 Å². The van der Waals surface area contributed by atoms with Crippen molar-refractivity contribution in [3.05, 3.63) is 36.5 Å². The number of hydrogen-bond acceptors (Lipinski definition) is 5. The number of aryl methyl sites for hydroxylation is 2. The van der Waals surface area contributed by atoms with Gasteiger partial charge in [-0.15, -0.1) is 0 Å². The number of halogens is 1. The lowest BCUT2D eigenvalue weighted by atomic mass is 9.99. The average Bonchev–Trinajstić information content (AvgIpc) is 3.26. The number of hydrogen-bond donors (Lipinski definition) is 0. The van der Waals surface area contributed by atoms with Gasteiger partial charge in [0.1, 0.15) is 12.5 Å². The molecule has 0 saturated heterocycles. The van der Waals surface area contributed by atoms with E-state index in [1.807, 2.05) is 12.4 Å². The minimum Gasteiger partial charge on any atom is -0.339 e. The number of nitrogens with zero attached hydrogens (tertiary/aromatic N) is 6. The summed E-state index contributed by atoms with van der Waals surface area (Å²) in [6.45, 7) is 0.586. The maximum Gasteiger partial charge on any atom is 0.231 e. The largest absolute Gasteiger partial charge is 0.339 e. The van der Waals surface area contributed by atoms with Gasteiger partial charge in [-0.2, -0.15) is 10.1 Å². The fourth-order valence-electron chi connectivity index (χ4n) is 2.77. The molecule has 0 N–H and O–H groups in total. The Kier molecular flexibility index (Phi) is 3.21. The average molecular weight is 302 g/mol. The number of fused-ring (bicyclic) bond motifs is 1. The second-order valence-corrected chi connectivity index (χ2v) is 5.37. The van der Waals surface area contributed by atoms with E-state index in [1.54, 1.807) is 12.4 Å². The van der Waals surface area contributed by atoms with Gasteiger partial charge >= 0.3 is 0 Å². The normalized spacial score (nSPS) is 17.6.